The predicted octanol–water partition coefficient (Wildman–Crippen LogP) is 12.0. The molecule has 0 spiro atoms. The summed E-state index contributed by atoms with van der Waals surface area (Å²) >= 11 is 0. The molecule has 0 saturated heterocycles. The number of hydrogen-bond donors (Lipinski definition) is 0. The van der Waals surface area contributed by atoms with E-state index < -0.39 is 0 Å². The van der Waals surface area contributed by atoms with Gasteiger partial charge in [0.25, 0.3) is 0 Å². The van der Waals surface area contributed by atoms with Gasteiger partial charge in [0.05, 0.1) is 22.4 Å². The highest BCUT2D eigenvalue weighted by Crippen LogP contribution is 2.45. The van der Waals surface area contributed by atoms with E-state index in [0.29, 0.717) is 23.7 Å². The molecule has 5 heteroatoms. The molecule has 5 nitrogen and oxygen atoms in total. The third-order valence-corrected chi connectivity index (χ3v) is 11.0. The molecule has 7 rings (SSSR count). The minimum Gasteiger partial charge on any atom is -0.457 e. The van der Waals surface area contributed by atoms with Crippen LogP contribution >= 0.6 is 0 Å². The monoisotopic (exact) mass is 664 g/mol. The largest absolute Gasteiger partial charge is 0.457 e. The molecule has 1 aliphatic carbocycles. The van der Waals surface area contributed by atoms with Gasteiger partial charge in [-0.2, -0.15) is 5.10 Å². The summed E-state index contributed by atoms with van der Waals surface area (Å²) < 4.78 is 11.2. The highest BCUT2D eigenvalue weighted by molar-refractivity contribution is 6.09. The predicted molar refractivity (Wildman–Crippen MR) is 208 cm³/mol. The van der Waals surface area contributed by atoms with Crippen molar-refractivity contribution in [2.45, 2.75) is 93.4 Å². The number of aryl methyl sites for hydroxylation is 2. The summed E-state index contributed by atoms with van der Waals surface area (Å²) in [6.07, 6.45) is 6.61. The van der Waals surface area contributed by atoms with Crippen LogP contribution in [0.25, 0.3) is 33.3 Å². The fraction of sp³-hybridized carbons (Fsp3) is 0.378. The first-order valence-electron chi connectivity index (χ1n) is 18.4. The number of fused-ring (bicyclic) bond motifs is 3. The molecule has 0 radical (unpaired) electrons. The van der Waals surface area contributed by atoms with Crippen molar-refractivity contribution in [2.24, 2.45) is 17.8 Å². The van der Waals surface area contributed by atoms with E-state index >= 15 is 0 Å². The number of nitrogens with zero attached hydrogens (tertiary/aromatic N) is 4. The molecule has 0 bridgehead atoms. The standard InChI is InChI=1S/C45H52N4O/c1-11-32-18-19-46-42(22-32)48-40-15-13-12-14-38(40)39-17-16-36(26-41(39)48)50-37-24-34(45(8,9)10)23-35(25-37)49-31(7)44(30(6)47-49)43-28(4)20-33(27(2)3)21-29(43)5/h12-20,22-27,29,33,43H,11,21H2,1-10H3/t29?,33-,43-/m0/s1. The van der Waals surface area contributed by atoms with Crippen LogP contribution in [0.15, 0.2) is 90.6 Å². The first-order chi connectivity index (χ1) is 23.8. The Kier molecular flexibility index (Phi) is 8.74. The lowest BCUT2D eigenvalue weighted by Gasteiger charge is -2.35. The van der Waals surface area contributed by atoms with Crippen molar-refractivity contribution in [3.8, 4) is 23.0 Å². The molecule has 6 aromatic rings. The average Bonchev–Trinajstić information content (AvgIpc) is 3.56. The zero-order valence-corrected chi connectivity index (χ0v) is 31.5. The van der Waals surface area contributed by atoms with Crippen LogP contribution in [0, 0.1) is 31.6 Å². The SMILES string of the molecule is CCc1ccnc(-n2c3ccccc3c3ccc(Oc4cc(-n5nc(C)c([C@H]6C(C)=C[C@H](C(C)C)CC6C)c5C)cc(C(C)(C)C)c4)cc32)c1. The van der Waals surface area contributed by atoms with E-state index in [4.69, 9.17) is 14.8 Å². The van der Waals surface area contributed by atoms with Gasteiger partial charge in [0, 0.05) is 46.3 Å². The topological polar surface area (TPSA) is 44.9 Å². The summed E-state index contributed by atoms with van der Waals surface area (Å²) in [7, 11) is 0. The normalized spacial score (nSPS) is 18.3. The van der Waals surface area contributed by atoms with Gasteiger partial charge in [-0.25, -0.2) is 9.67 Å². The van der Waals surface area contributed by atoms with Gasteiger partial charge in [-0.05, 0) is 110 Å². The van der Waals surface area contributed by atoms with E-state index in [1.807, 2.05) is 6.20 Å². The molecule has 0 saturated carbocycles. The molecule has 258 valence electrons. The van der Waals surface area contributed by atoms with Crippen molar-refractivity contribution in [1.82, 2.24) is 19.3 Å². The Morgan fingerprint density at radius 3 is 2.36 bits per heavy atom. The maximum atomic E-state index is 6.79. The molecule has 1 aliphatic rings. The molecular formula is C45H52N4O. The number of ether oxygens (including phenoxy) is 1. The number of allylic oxidation sites excluding steroid dienone is 2. The molecule has 3 heterocycles. The van der Waals surface area contributed by atoms with Gasteiger partial charge < -0.3 is 4.74 Å². The van der Waals surface area contributed by atoms with Gasteiger partial charge in [-0.3, -0.25) is 4.57 Å². The quantitative estimate of drug-likeness (QED) is 0.160. The lowest BCUT2D eigenvalue weighted by molar-refractivity contribution is 0.317. The van der Waals surface area contributed by atoms with Crippen molar-refractivity contribution in [2.75, 3.05) is 0 Å². The molecule has 3 aromatic heterocycles. The number of aromatic nitrogens is 4. The minimum absolute atomic E-state index is 0.0809. The van der Waals surface area contributed by atoms with Gasteiger partial charge in [0.2, 0.25) is 0 Å². The van der Waals surface area contributed by atoms with Crippen LogP contribution in [0.5, 0.6) is 11.5 Å². The number of pyridine rings is 1. The van der Waals surface area contributed by atoms with Gasteiger partial charge >= 0.3 is 0 Å². The summed E-state index contributed by atoms with van der Waals surface area (Å²) in [5.74, 6) is 4.75. The van der Waals surface area contributed by atoms with Crippen LogP contribution in [0.4, 0.5) is 0 Å². The fourth-order valence-corrected chi connectivity index (χ4v) is 8.25. The molecule has 50 heavy (non-hydrogen) atoms. The maximum absolute atomic E-state index is 6.79. The molecule has 0 fully saturated rings. The Morgan fingerprint density at radius 1 is 0.880 bits per heavy atom. The Balaban J connectivity index is 1.32. The summed E-state index contributed by atoms with van der Waals surface area (Å²) in [6.45, 7) is 22.8. The van der Waals surface area contributed by atoms with Crippen LogP contribution in [-0.4, -0.2) is 19.3 Å². The Labute approximate surface area is 298 Å². The van der Waals surface area contributed by atoms with E-state index in [0.717, 1.165) is 46.2 Å². The minimum atomic E-state index is -0.0809. The van der Waals surface area contributed by atoms with E-state index in [-0.39, 0.29) is 5.41 Å². The fourth-order valence-electron chi connectivity index (χ4n) is 8.25. The lowest BCUT2D eigenvalue weighted by Crippen LogP contribution is -2.24. The van der Waals surface area contributed by atoms with E-state index in [2.05, 4.69) is 157 Å². The van der Waals surface area contributed by atoms with Crippen molar-refractivity contribution in [1.29, 1.82) is 0 Å². The van der Waals surface area contributed by atoms with Gasteiger partial charge in [-0.15, -0.1) is 0 Å². The summed E-state index contributed by atoms with van der Waals surface area (Å²) in [5.41, 5.74) is 10.8. The molecule has 0 aliphatic heterocycles. The second-order valence-electron chi connectivity index (χ2n) is 16.0. The number of benzene rings is 3. The maximum Gasteiger partial charge on any atom is 0.137 e. The molecule has 1 unspecified atom stereocenters. The second-order valence-corrected chi connectivity index (χ2v) is 16.0. The van der Waals surface area contributed by atoms with Gasteiger partial charge in [-0.1, -0.05) is 78.3 Å². The third kappa shape index (κ3) is 6.05. The van der Waals surface area contributed by atoms with Crippen LogP contribution in [0.1, 0.15) is 95.8 Å². The molecule has 3 atom stereocenters. The van der Waals surface area contributed by atoms with Crippen molar-refractivity contribution >= 4 is 21.8 Å². The van der Waals surface area contributed by atoms with Gasteiger partial charge in [0.1, 0.15) is 17.3 Å². The highest BCUT2D eigenvalue weighted by atomic mass is 16.5. The smallest absolute Gasteiger partial charge is 0.137 e. The molecule has 0 N–H and O–H groups in total. The summed E-state index contributed by atoms with van der Waals surface area (Å²) in [4.78, 5) is 4.81. The van der Waals surface area contributed by atoms with Crippen molar-refractivity contribution in [3.05, 3.63) is 119 Å². The average molecular weight is 665 g/mol. The first kappa shape index (κ1) is 33.8. The van der Waals surface area contributed by atoms with Crippen LogP contribution < -0.4 is 4.74 Å². The molecule has 3 aromatic carbocycles. The van der Waals surface area contributed by atoms with E-state index in [1.54, 1.807) is 0 Å². The first-order valence-corrected chi connectivity index (χ1v) is 18.4. The van der Waals surface area contributed by atoms with Crippen LogP contribution in [0.3, 0.4) is 0 Å². The molecule has 0 amide bonds. The van der Waals surface area contributed by atoms with Crippen molar-refractivity contribution in [3.63, 3.8) is 0 Å². The number of hydrogen-bond acceptors (Lipinski definition) is 3. The van der Waals surface area contributed by atoms with E-state index in [9.17, 15) is 0 Å². The second kappa shape index (κ2) is 12.9. The zero-order chi connectivity index (χ0) is 35.5. The molecular weight excluding hydrogens is 613 g/mol. The summed E-state index contributed by atoms with van der Waals surface area (Å²) in [5, 5.41) is 7.58. The number of rotatable bonds is 7. The Morgan fingerprint density at radius 2 is 1.64 bits per heavy atom. The zero-order valence-electron chi connectivity index (χ0n) is 31.5. The van der Waals surface area contributed by atoms with Gasteiger partial charge in [0.15, 0.2) is 0 Å². The highest BCUT2D eigenvalue weighted by Gasteiger charge is 2.33. The van der Waals surface area contributed by atoms with Crippen molar-refractivity contribution < 1.29 is 4.74 Å². The summed E-state index contributed by atoms with van der Waals surface area (Å²) in [6, 6.07) is 25.9. The van der Waals surface area contributed by atoms with Crippen LogP contribution in [0.2, 0.25) is 0 Å². The Hall–Kier alpha value is -4.64. The number of para-hydroxylation sites is 1. The van der Waals surface area contributed by atoms with E-state index in [1.165, 1.54) is 45.2 Å². The third-order valence-electron chi connectivity index (χ3n) is 11.0. The lowest BCUT2D eigenvalue weighted by atomic mass is 9.69. The van der Waals surface area contributed by atoms with Crippen LogP contribution in [-0.2, 0) is 11.8 Å². The Bertz CT molecular complexity index is 2240.